The molecule has 0 aliphatic rings. The van der Waals surface area contributed by atoms with E-state index in [9.17, 15) is 9.32 Å². The lowest BCUT2D eigenvalue weighted by atomic mass is 10.1. The third kappa shape index (κ3) is 2.94. The number of fused-ring (bicyclic) bond motifs is 1. The van der Waals surface area contributed by atoms with Crippen molar-refractivity contribution in [2.24, 2.45) is 5.73 Å². The van der Waals surface area contributed by atoms with Crippen molar-refractivity contribution < 1.29 is 13.9 Å². The number of hydrogen-bond donors (Lipinski definition) is 5. The smallest absolute Gasteiger partial charge is 0.186 e. The molecule has 1 atom stereocenters. The van der Waals surface area contributed by atoms with Gasteiger partial charge in [0, 0.05) is 16.0 Å². The van der Waals surface area contributed by atoms with Crippen LogP contribution >= 0.6 is 12.6 Å². The minimum absolute atomic E-state index is 0.110. The van der Waals surface area contributed by atoms with Crippen molar-refractivity contribution in [2.45, 2.75) is 9.79 Å². The van der Waals surface area contributed by atoms with Gasteiger partial charge in [-0.2, -0.15) is 0 Å². The van der Waals surface area contributed by atoms with Crippen LogP contribution in [0.3, 0.4) is 0 Å². The molecule has 0 amide bonds. The van der Waals surface area contributed by atoms with Crippen LogP contribution in [0.1, 0.15) is 0 Å². The van der Waals surface area contributed by atoms with E-state index in [1.165, 1.54) is 19.2 Å². The molecule has 1 unspecified atom stereocenters. The highest BCUT2D eigenvalue weighted by atomic mass is 32.2. The van der Waals surface area contributed by atoms with Gasteiger partial charge in [0.25, 0.3) is 0 Å². The fraction of sp³-hybridized carbons (Fsp3) is 0.0909. The van der Waals surface area contributed by atoms with E-state index in [0.717, 1.165) is 0 Å². The van der Waals surface area contributed by atoms with E-state index in [4.69, 9.17) is 10.3 Å². The summed E-state index contributed by atoms with van der Waals surface area (Å²) in [6.07, 6.45) is 0. The average Bonchev–Trinajstić information content (AvgIpc) is 2.29. The number of hydrogen-bond acceptors (Lipinski definition) is 5. The van der Waals surface area contributed by atoms with Gasteiger partial charge in [-0.15, -0.1) is 12.6 Å². The number of benzene rings is 2. The Labute approximate surface area is 112 Å². The number of nitrogen functional groups attached to an aromatic ring is 1. The standard InChI is InChI=1S/C10H9NO3S2.CH5N/c11-8-3-6(15)1-5-2-7(16(13)14)4-9(12)10(5)8;1-2/h1-4,12,15H,11H2,(H,13,14);2H2,1H3. The van der Waals surface area contributed by atoms with E-state index >= 15 is 0 Å². The van der Waals surface area contributed by atoms with Crippen LogP contribution in [0.2, 0.25) is 0 Å². The number of rotatable bonds is 1. The second kappa shape index (κ2) is 6.05. The maximum Gasteiger partial charge on any atom is 0.186 e. The molecule has 18 heavy (non-hydrogen) atoms. The number of nitrogens with two attached hydrogens (primary N) is 2. The van der Waals surface area contributed by atoms with Crippen LogP contribution < -0.4 is 11.5 Å². The Morgan fingerprint density at radius 3 is 2.39 bits per heavy atom. The number of anilines is 1. The molecule has 0 saturated carbocycles. The summed E-state index contributed by atoms with van der Waals surface area (Å²) in [7, 11) is 1.50. The summed E-state index contributed by atoms with van der Waals surface area (Å²) in [6.45, 7) is 0. The Hall–Kier alpha value is -1.28. The minimum Gasteiger partial charge on any atom is -0.507 e. The van der Waals surface area contributed by atoms with Crippen LogP contribution in [-0.4, -0.2) is 20.9 Å². The molecule has 2 aromatic carbocycles. The Balaban J connectivity index is 0.000000771. The Kier molecular flexibility index (Phi) is 4.97. The average molecular weight is 286 g/mol. The van der Waals surface area contributed by atoms with Crippen LogP contribution in [0.15, 0.2) is 34.1 Å². The van der Waals surface area contributed by atoms with Crippen LogP contribution in [0.5, 0.6) is 5.75 Å². The molecule has 0 radical (unpaired) electrons. The highest BCUT2D eigenvalue weighted by Gasteiger charge is 2.10. The predicted octanol–water partition coefficient (Wildman–Crippen LogP) is 1.57. The summed E-state index contributed by atoms with van der Waals surface area (Å²) in [5.41, 5.74) is 10.6. The van der Waals surface area contributed by atoms with Crippen LogP contribution in [0, 0.1) is 0 Å². The normalized spacial score (nSPS) is 11.8. The monoisotopic (exact) mass is 286 g/mol. The van der Waals surface area contributed by atoms with Gasteiger partial charge in [0.15, 0.2) is 11.1 Å². The fourth-order valence-corrected chi connectivity index (χ4v) is 2.30. The van der Waals surface area contributed by atoms with Crippen LogP contribution in [-0.2, 0) is 11.1 Å². The molecule has 0 aromatic heterocycles. The van der Waals surface area contributed by atoms with Gasteiger partial charge in [0.1, 0.15) is 5.75 Å². The van der Waals surface area contributed by atoms with Crippen molar-refractivity contribution in [2.75, 3.05) is 12.8 Å². The first-order valence-corrected chi connectivity index (χ1v) is 6.48. The van der Waals surface area contributed by atoms with Crippen LogP contribution in [0.4, 0.5) is 5.69 Å². The molecular formula is C11H14N2O3S2. The summed E-state index contributed by atoms with van der Waals surface area (Å²) >= 11 is 2.02. The van der Waals surface area contributed by atoms with E-state index in [0.29, 0.717) is 21.4 Å². The van der Waals surface area contributed by atoms with E-state index in [-0.39, 0.29) is 10.6 Å². The first kappa shape index (κ1) is 14.8. The Bertz CT molecular complexity index is 602. The van der Waals surface area contributed by atoms with Gasteiger partial charge in [-0.25, -0.2) is 4.21 Å². The third-order valence-electron chi connectivity index (χ3n) is 2.22. The van der Waals surface area contributed by atoms with E-state index < -0.39 is 11.1 Å². The second-order valence-electron chi connectivity index (χ2n) is 3.32. The predicted molar refractivity (Wildman–Crippen MR) is 76.4 cm³/mol. The molecule has 2 rings (SSSR count). The molecular weight excluding hydrogens is 272 g/mol. The van der Waals surface area contributed by atoms with E-state index in [2.05, 4.69) is 18.4 Å². The number of phenolic OH excluding ortho intramolecular Hbond substituents is 1. The Morgan fingerprint density at radius 2 is 1.83 bits per heavy atom. The van der Waals surface area contributed by atoms with Crippen molar-refractivity contribution >= 4 is 40.2 Å². The number of thiol groups is 1. The first-order valence-electron chi connectivity index (χ1n) is 4.93. The Morgan fingerprint density at radius 1 is 1.22 bits per heavy atom. The maximum absolute atomic E-state index is 10.9. The summed E-state index contributed by atoms with van der Waals surface area (Å²) < 4.78 is 19.9. The SMILES string of the molecule is CN.Nc1cc(S)cc2cc(S(=O)O)cc(O)c12. The highest BCUT2D eigenvalue weighted by Crippen LogP contribution is 2.34. The van der Waals surface area contributed by atoms with Gasteiger partial charge in [0.2, 0.25) is 0 Å². The van der Waals surface area contributed by atoms with Gasteiger partial charge in [-0.3, -0.25) is 0 Å². The summed E-state index contributed by atoms with van der Waals surface area (Å²) in [5, 5.41) is 10.8. The van der Waals surface area contributed by atoms with Crippen molar-refractivity contribution in [3.63, 3.8) is 0 Å². The van der Waals surface area contributed by atoms with E-state index in [1.54, 1.807) is 12.1 Å². The maximum atomic E-state index is 10.9. The number of aromatic hydroxyl groups is 1. The molecule has 0 heterocycles. The molecule has 2 aromatic rings. The van der Waals surface area contributed by atoms with Gasteiger partial charge >= 0.3 is 0 Å². The zero-order chi connectivity index (χ0) is 13.9. The minimum atomic E-state index is -2.13. The molecule has 7 heteroatoms. The lowest BCUT2D eigenvalue weighted by Crippen LogP contribution is -1.92. The molecule has 0 aliphatic carbocycles. The van der Waals surface area contributed by atoms with Gasteiger partial charge in [0.05, 0.1) is 4.90 Å². The first-order chi connectivity index (χ1) is 8.49. The molecule has 0 saturated heterocycles. The molecule has 6 N–H and O–H groups in total. The molecule has 98 valence electrons. The lowest BCUT2D eigenvalue weighted by Gasteiger charge is -2.07. The summed E-state index contributed by atoms with van der Waals surface area (Å²) in [6, 6.07) is 6.01. The van der Waals surface area contributed by atoms with Crippen LogP contribution in [0.25, 0.3) is 10.8 Å². The summed E-state index contributed by atoms with van der Waals surface area (Å²) in [4.78, 5) is 0.758. The van der Waals surface area contributed by atoms with Gasteiger partial charge < -0.3 is 21.1 Å². The quantitative estimate of drug-likeness (QED) is 0.310. The van der Waals surface area contributed by atoms with E-state index in [1.807, 2.05) is 0 Å². The lowest BCUT2D eigenvalue weighted by molar-refractivity contribution is 0.479. The molecule has 0 bridgehead atoms. The van der Waals surface area contributed by atoms with Gasteiger partial charge in [-0.1, -0.05) is 0 Å². The second-order valence-corrected chi connectivity index (χ2v) is 4.81. The fourth-order valence-electron chi connectivity index (χ4n) is 1.58. The highest BCUT2D eigenvalue weighted by molar-refractivity contribution is 7.80. The zero-order valence-corrected chi connectivity index (χ0v) is 11.3. The van der Waals surface area contributed by atoms with Crippen molar-refractivity contribution in [3.05, 3.63) is 24.3 Å². The third-order valence-corrected chi connectivity index (χ3v) is 3.12. The number of phenols is 1. The largest absolute Gasteiger partial charge is 0.507 e. The molecule has 5 nitrogen and oxygen atoms in total. The van der Waals surface area contributed by atoms with Gasteiger partial charge in [-0.05, 0) is 36.7 Å². The zero-order valence-electron chi connectivity index (χ0n) is 9.62. The van der Waals surface area contributed by atoms with Crippen molar-refractivity contribution in [3.8, 4) is 5.75 Å². The summed E-state index contributed by atoms with van der Waals surface area (Å²) in [5.74, 6) is -0.110. The molecule has 0 aliphatic heterocycles. The van der Waals surface area contributed by atoms with Crippen molar-refractivity contribution in [1.82, 2.24) is 0 Å². The molecule has 0 fully saturated rings. The molecule has 0 spiro atoms. The van der Waals surface area contributed by atoms with Crippen molar-refractivity contribution in [1.29, 1.82) is 0 Å². The topological polar surface area (TPSA) is 110 Å².